The Morgan fingerprint density at radius 3 is 0.527 bits per heavy atom. The summed E-state index contributed by atoms with van der Waals surface area (Å²) in [6, 6.07) is 59.9. The molecule has 0 unspecified atom stereocenters. The van der Waals surface area contributed by atoms with E-state index in [2.05, 4.69) is 30.3 Å². The summed E-state index contributed by atoms with van der Waals surface area (Å²) >= 11 is 0. The van der Waals surface area contributed by atoms with Crippen molar-refractivity contribution in [3.8, 4) is 57.5 Å². The van der Waals surface area contributed by atoms with Gasteiger partial charge in [0.25, 0.3) is 0 Å². The van der Waals surface area contributed by atoms with Crippen LogP contribution in [0.5, 0.6) is 57.5 Å². The van der Waals surface area contributed by atoms with Crippen molar-refractivity contribution in [2.24, 2.45) is 0 Å². The quantitative estimate of drug-likeness (QED) is 0.132. The van der Waals surface area contributed by atoms with Crippen LogP contribution in [0.1, 0.15) is 0 Å². The van der Waals surface area contributed by atoms with Crippen molar-refractivity contribution in [3.05, 3.63) is 182 Å². The molecular weight excluding hydrogens is 681 g/mol. The van der Waals surface area contributed by atoms with E-state index in [4.69, 9.17) is 23.7 Å². The van der Waals surface area contributed by atoms with E-state index in [1.165, 1.54) is 0 Å². The zero-order valence-corrected chi connectivity index (χ0v) is 29.4. The lowest BCUT2D eigenvalue weighted by Crippen LogP contribution is -1.92. The van der Waals surface area contributed by atoms with Crippen LogP contribution >= 0.6 is 0 Å². The highest BCUT2D eigenvalue weighted by Gasteiger charge is 2.30. The molecule has 0 saturated heterocycles. The molecule has 0 atom stereocenters. The molecule has 0 radical (unpaired) electrons. The molecule has 0 aliphatic rings. The number of hydrogen-bond acceptors (Lipinski definition) is 5. The zero-order chi connectivity index (χ0) is 36.3. The van der Waals surface area contributed by atoms with Crippen LogP contribution in [-0.2, 0) is 0 Å². The van der Waals surface area contributed by atoms with Gasteiger partial charge in [-0.2, -0.15) is 0 Å². The summed E-state index contributed by atoms with van der Waals surface area (Å²) in [5, 5.41) is 9.92. The van der Waals surface area contributed by atoms with Crippen molar-refractivity contribution in [1.82, 2.24) is 0 Å². The molecule has 0 fully saturated rings. The highest BCUT2D eigenvalue weighted by molar-refractivity contribution is 6.47. The second-order valence-electron chi connectivity index (χ2n) is 13.6. The van der Waals surface area contributed by atoms with Crippen LogP contribution < -0.4 is 23.7 Å². The van der Waals surface area contributed by atoms with Crippen molar-refractivity contribution >= 4 is 53.9 Å². The Labute approximate surface area is 316 Å². The van der Waals surface area contributed by atoms with E-state index in [9.17, 15) is 0 Å². The molecule has 0 aliphatic carbocycles. The number of hydrogen-bond donors (Lipinski definition) is 0. The SMILES string of the molecule is c1ccc(Oc2cc3c(Oc4ccccc4)cc4c(Oc5ccccc5)cc5c(Oc6ccccc6)cc6c(Oc7ccccc7)cc2c2c6c5c4c32)cc1. The van der Waals surface area contributed by atoms with Gasteiger partial charge in [0.15, 0.2) is 0 Å². The molecular formula is C50H30O5. The first-order valence-corrected chi connectivity index (χ1v) is 18.2. The summed E-state index contributed by atoms with van der Waals surface area (Å²) < 4.78 is 33.9. The Hall–Kier alpha value is -7.50. The lowest BCUT2D eigenvalue weighted by Gasteiger charge is -2.17. The van der Waals surface area contributed by atoms with Crippen LogP contribution in [0.3, 0.4) is 0 Å². The van der Waals surface area contributed by atoms with Crippen molar-refractivity contribution in [2.45, 2.75) is 0 Å². The van der Waals surface area contributed by atoms with Gasteiger partial charge in [-0.3, -0.25) is 0 Å². The van der Waals surface area contributed by atoms with Gasteiger partial charge in [0, 0.05) is 53.9 Å². The monoisotopic (exact) mass is 710 g/mol. The first-order chi connectivity index (χ1) is 27.2. The molecule has 0 saturated carbocycles. The van der Waals surface area contributed by atoms with Crippen LogP contribution in [-0.4, -0.2) is 0 Å². The fraction of sp³-hybridized carbons (Fsp3) is 0. The molecule has 0 bridgehead atoms. The summed E-state index contributed by atoms with van der Waals surface area (Å²) in [4.78, 5) is 0. The molecule has 11 aromatic rings. The van der Waals surface area contributed by atoms with Gasteiger partial charge in [0.2, 0.25) is 0 Å². The minimum absolute atomic E-state index is 0.692. The van der Waals surface area contributed by atoms with E-state index in [0.717, 1.165) is 82.6 Å². The molecule has 0 heterocycles. The molecule has 5 nitrogen and oxygen atoms in total. The Balaban J connectivity index is 1.29. The molecule has 260 valence electrons. The highest BCUT2D eigenvalue weighted by atomic mass is 16.5. The normalized spacial score (nSPS) is 11.6. The summed E-state index contributed by atoms with van der Waals surface area (Å²) in [5.74, 6) is 7.10. The maximum Gasteiger partial charge on any atom is 0.136 e. The van der Waals surface area contributed by atoms with Crippen molar-refractivity contribution in [1.29, 1.82) is 0 Å². The molecule has 0 aliphatic heterocycles. The fourth-order valence-electron chi connectivity index (χ4n) is 7.85. The van der Waals surface area contributed by atoms with Gasteiger partial charge < -0.3 is 23.7 Å². The Morgan fingerprint density at radius 2 is 0.364 bits per heavy atom. The molecule has 0 N–H and O–H groups in total. The van der Waals surface area contributed by atoms with Gasteiger partial charge in [-0.05, 0) is 91.0 Å². The average molecular weight is 711 g/mol. The van der Waals surface area contributed by atoms with Gasteiger partial charge in [0.1, 0.15) is 57.5 Å². The first kappa shape index (κ1) is 31.1. The second kappa shape index (κ2) is 12.6. The number of rotatable bonds is 10. The van der Waals surface area contributed by atoms with Crippen LogP contribution in [0, 0.1) is 0 Å². The third kappa shape index (κ3) is 5.24. The van der Waals surface area contributed by atoms with E-state index in [1.807, 2.05) is 152 Å². The molecule has 5 heteroatoms. The maximum atomic E-state index is 6.78. The first-order valence-electron chi connectivity index (χ1n) is 18.2. The largest absolute Gasteiger partial charge is 0.457 e. The van der Waals surface area contributed by atoms with Gasteiger partial charge in [-0.15, -0.1) is 0 Å². The molecule has 0 spiro atoms. The Bertz CT molecular complexity index is 2560. The van der Waals surface area contributed by atoms with Crippen molar-refractivity contribution < 1.29 is 23.7 Å². The minimum Gasteiger partial charge on any atom is -0.457 e. The van der Waals surface area contributed by atoms with E-state index in [1.54, 1.807) is 0 Å². The molecule has 0 amide bonds. The van der Waals surface area contributed by atoms with Crippen LogP contribution in [0.4, 0.5) is 0 Å². The summed E-state index contributed by atoms with van der Waals surface area (Å²) in [5.41, 5.74) is 0. The van der Waals surface area contributed by atoms with Crippen LogP contribution in [0.2, 0.25) is 0 Å². The smallest absolute Gasteiger partial charge is 0.136 e. The summed E-state index contributed by atoms with van der Waals surface area (Å²) in [6.07, 6.45) is 0. The van der Waals surface area contributed by atoms with Crippen LogP contribution in [0.25, 0.3) is 53.9 Å². The van der Waals surface area contributed by atoms with E-state index in [-0.39, 0.29) is 0 Å². The zero-order valence-electron chi connectivity index (χ0n) is 29.4. The molecule has 11 aromatic carbocycles. The highest BCUT2D eigenvalue weighted by Crippen LogP contribution is 2.58. The van der Waals surface area contributed by atoms with E-state index in [0.29, 0.717) is 28.7 Å². The molecule has 11 rings (SSSR count). The number of ether oxygens (including phenoxy) is 5. The molecule has 0 aromatic heterocycles. The third-order valence-electron chi connectivity index (χ3n) is 10.2. The standard InChI is InChI=1S/C50H30O5/c1-6-16-31(17-7-1)51-41-26-37-43(53-33-20-10-3-11-21-33)28-39-45(55-35-24-14-5-15-25-35)30-40-44(54-34-22-12-4-13-23-34)29-38-42(52-32-18-8-2-9-19-32)27-36(41)46-47(37)49(39)50(40)48(38)46/h1-30H. The van der Waals surface area contributed by atoms with E-state index >= 15 is 0 Å². The topological polar surface area (TPSA) is 46.2 Å². The minimum atomic E-state index is 0.692. The predicted octanol–water partition coefficient (Wildman–Crippen LogP) is 14.7. The van der Waals surface area contributed by atoms with Crippen LogP contribution in [0.15, 0.2) is 182 Å². The lowest BCUT2D eigenvalue weighted by atomic mass is 9.97. The van der Waals surface area contributed by atoms with Gasteiger partial charge >= 0.3 is 0 Å². The Kier molecular flexibility index (Phi) is 7.10. The lowest BCUT2D eigenvalue weighted by molar-refractivity contribution is 0.480. The predicted molar refractivity (Wildman–Crippen MR) is 220 cm³/mol. The maximum absolute atomic E-state index is 6.78. The second-order valence-corrected chi connectivity index (χ2v) is 13.6. The number of para-hydroxylation sites is 5. The average Bonchev–Trinajstić information content (AvgIpc) is 3.59. The Morgan fingerprint density at radius 1 is 0.200 bits per heavy atom. The molecule has 55 heavy (non-hydrogen) atoms. The fourth-order valence-corrected chi connectivity index (χ4v) is 7.85. The summed E-state index contributed by atoms with van der Waals surface area (Å²) in [6.45, 7) is 0. The van der Waals surface area contributed by atoms with Gasteiger partial charge in [0.05, 0.1) is 0 Å². The van der Waals surface area contributed by atoms with Gasteiger partial charge in [-0.25, -0.2) is 0 Å². The van der Waals surface area contributed by atoms with Gasteiger partial charge in [-0.1, -0.05) is 91.0 Å². The van der Waals surface area contributed by atoms with Crippen molar-refractivity contribution in [2.75, 3.05) is 0 Å². The third-order valence-corrected chi connectivity index (χ3v) is 10.2. The van der Waals surface area contributed by atoms with Crippen molar-refractivity contribution in [3.63, 3.8) is 0 Å². The number of benzene rings is 10. The summed E-state index contributed by atoms with van der Waals surface area (Å²) in [7, 11) is 0. The van der Waals surface area contributed by atoms with E-state index < -0.39 is 0 Å².